The maximum absolute atomic E-state index is 13.2. The minimum atomic E-state index is -0.580. The summed E-state index contributed by atoms with van der Waals surface area (Å²) in [5.74, 6) is 0.305. The number of hydrogen-bond acceptors (Lipinski definition) is 4. The number of rotatable bonds is 4. The molecule has 27 heavy (non-hydrogen) atoms. The van der Waals surface area contributed by atoms with E-state index in [1.54, 1.807) is 0 Å². The lowest BCUT2D eigenvalue weighted by Crippen LogP contribution is -2.52. The van der Waals surface area contributed by atoms with Gasteiger partial charge in [0.2, 0.25) is 11.8 Å². The predicted octanol–water partition coefficient (Wildman–Crippen LogP) is 1.61. The summed E-state index contributed by atoms with van der Waals surface area (Å²) in [5, 5.41) is 0.683. The van der Waals surface area contributed by atoms with E-state index in [4.69, 9.17) is 21.1 Å². The average Bonchev–Trinajstić information content (AvgIpc) is 3.25. The first-order valence-electron chi connectivity index (χ1n) is 9.55. The van der Waals surface area contributed by atoms with E-state index >= 15 is 0 Å². The zero-order valence-corrected chi connectivity index (χ0v) is 16.1. The molecule has 0 spiro atoms. The van der Waals surface area contributed by atoms with E-state index in [9.17, 15) is 9.59 Å². The number of hydrogen-bond donors (Lipinski definition) is 0. The normalized spacial score (nSPS) is 27.7. The molecular weight excluding hydrogens is 368 g/mol. The smallest absolute Gasteiger partial charge is 0.233 e. The Kier molecular flexibility index (Phi) is 5.39. The molecule has 6 nitrogen and oxygen atoms in total. The molecule has 2 amide bonds. The van der Waals surface area contributed by atoms with Crippen LogP contribution in [-0.4, -0.2) is 74.2 Å². The SMILES string of the molecule is O=C(CCc1cccc(Cl)c1)N1C[C@@H]2COC[C@]2(C(=O)N2CCOCC2)C1. The monoisotopic (exact) mass is 392 g/mol. The molecule has 7 heteroatoms. The highest BCUT2D eigenvalue weighted by molar-refractivity contribution is 6.30. The van der Waals surface area contributed by atoms with Crippen molar-refractivity contribution in [3.05, 3.63) is 34.9 Å². The van der Waals surface area contributed by atoms with Gasteiger partial charge < -0.3 is 19.3 Å². The van der Waals surface area contributed by atoms with Crippen LogP contribution in [0.5, 0.6) is 0 Å². The summed E-state index contributed by atoms with van der Waals surface area (Å²) in [6.07, 6.45) is 1.08. The minimum absolute atomic E-state index is 0.0861. The molecular formula is C20H25ClN2O4. The van der Waals surface area contributed by atoms with Gasteiger partial charge in [-0.05, 0) is 24.1 Å². The van der Waals surface area contributed by atoms with Gasteiger partial charge in [0.1, 0.15) is 0 Å². The number of amides is 2. The Hall–Kier alpha value is -1.63. The van der Waals surface area contributed by atoms with Crippen LogP contribution in [0.25, 0.3) is 0 Å². The number of benzene rings is 1. The van der Waals surface area contributed by atoms with Crippen LogP contribution in [0, 0.1) is 11.3 Å². The van der Waals surface area contributed by atoms with E-state index in [-0.39, 0.29) is 17.7 Å². The molecule has 0 aromatic heterocycles. The molecule has 3 aliphatic rings. The standard InChI is InChI=1S/C20H25ClN2O4/c21-17-3-1-2-15(10-17)4-5-18(24)23-11-16-12-27-14-20(16,13-23)19(25)22-6-8-26-9-7-22/h1-3,10,16H,4-9,11-14H2/t16-,20-/m1/s1. The van der Waals surface area contributed by atoms with Crippen LogP contribution in [-0.2, 0) is 25.5 Å². The molecule has 3 fully saturated rings. The van der Waals surface area contributed by atoms with Crippen molar-refractivity contribution in [2.45, 2.75) is 12.8 Å². The van der Waals surface area contributed by atoms with Gasteiger partial charge in [-0.3, -0.25) is 9.59 Å². The molecule has 3 aliphatic heterocycles. The van der Waals surface area contributed by atoms with Crippen LogP contribution in [0.4, 0.5) is 0 Å². The molecule has 1 aromatic carbocycles. The fraction of sp³-hybridized carbons (Fsp3) is 0.600. The van der Waals surface area contributed by atoms with Crippen molar-refractivity contribution < 1.29 is 19.1 Å². The zero-order chi connectivity index (χ0) is 18.9. The van der Waals surface area contributed by atoms with Gasteiger partial charge in [-0.1, -0.05) is 23.7 Å². The molecule has 0 aliphatic carbocycles. The Morgan fingerprint density at radius 3 is 2.78 bits per heavy atom. The fourth-order valence-corrected chi connectivity index (χ4v) is 4.62. The maximum atomic E-state index is 13.2. The largest absolute Gasteiger partial charge is 0.380 e. The van der Waals surface area contributed by atoms with Crippen LogP contribution in [0.3, 0.4) is 0 Å². The van der Waals surface area contributed by atoms with Crippen molar-refractivity contribution in [3.8, 4) is 0 Å². The zero-order valence-electron chi connectivity index (χ0n) is 15.4. The first-order chi connectivity index (χ1) is 13.1. The predicted molar refractivity (Wildman–Crippen MR) is 100 cm³/mol. The van der Waals surface area contributed by atoms with Crippen LogP contribution in [0.1, 0.15) is 12.0 Å². The number of aryl methyl sites for hydroxylation is 1. The lowest BCUT2D eigenvalue weighted by Gasteiger charge is -2.35. The molecule has 3 heterocycles. The second kappa shape index (κ2) is 7.78. The van der Waals surface area contributed by atoms with Gasteiger partial charge in [-0.25, -0.2) is 0 Å². The lowest BCUT2D eigenvalue weighted by molar-refractivity contribution is -0.147. The van der Waals surface area contributed by atoms with Crippen molar-refractivity contribution in [2.24, 2.45) is 11.3 Å². The summed E-state index contributed by atoms with van der Waals surface area (Å²) in [6.45, 7) is 4.42. The molecule has 2 atom stereocenters. The van der Waals surface area contributed by atoms with Gasteiger partial charge in [-0.15, -0.1) is 0 Å². The van der Waals surface area contributed by atoms with Crippen molar-refractivity contribution in [2.75, 3.05) is 52.6 Å². The van der Waals surface area contributed by atoms with Gasteiger partial charge in [0.05, 0.1) is 31.8 Å². The number of halogens is 1. The van der Waals surface area contributed by atoms with Gasteiger partial charge >= 0.3 is 0 Å². The fourth-order valence-electron chi connectivity index (χ4n) is 4.41. The van der Waals surface area contributed by atoms with Crippen LogP contribution < -0.4 is 0 Å². The number of carbonyl (C=O) groups excluding carboxylic acids is 2. The number of carbonyl (C=O) groups is 2. The minimum Gasteiger partial charge on any atom is -0.380 e. The summed E-state index contributed by atoms with van der Waals surface area (Å²) in [7, 11) is 0. The van der Waals surface area contributed by atoms with Crippen molar-refractivity contribution in [1.82, 2.24) is 9.80 Å². The topological polar surface area (TPSA) is 59.1 Å². The third-order valence-electron chi connectivity index (χ3n) is 5.97. The number of fused-ring (bicyclic) bond motifs is 1. The van der Waals surface area contributed by atoms with Gasteiger partial charge in [0.15, 0.2) is 0 Å². The molecule has 0 unspecified atom stereocenters. The number of ether oxygens (including phenoxy) is 2. The van der Waals surface area contributed by atoms with Crippen LogP contribution in [0.15, 0.2) is 24.3 Å². The Balaban J connectivity index is 1.40. The Morgan fingerprint density at radius 1 is 1.19 bits per heavy atom. The lowest BCUT2D eigenvalue weighted by atomic mass is 9.79. The summed E-state index contributed by atoms with van der Waals surface area (Å²) in [5.41, 5.74) is 0.473. The number of nitrogens with zero attached hydrogens (tertiary/aromatic N) is 2. The molecule has 1 aromatic rings. The number of likely N-dealkylation sites (tertiary alicyclic amines) is 1. The summed E-state index contributed by atoms with van der Waals surface area (Å²) in [4.78, 5) is 29.7. The quantitative estimate of drug-likeness (QED) is 0.781. The average molecular weight is 393 g/mol. The van der Waals surface area contributed by atoms with E-state index in [0.717, 1.165) is 5.56 Å². The first-order valence-corrected chi connectivity index (χ1v) is 9.93. The highest BCUT2D eigenvalue weighted by Gasteiger charge is 2.57. The van der Waals surface area contributed by atoms with E-state index in [1.165, 1.54) is 0 Å². The second-order valence-electron chi connectivity index (χ2n) is 7.68. The van der Waals surface area contributed by atoms with E-state index in [0.29, 0.717) is 70.5 Å². The van der Waals surface area contributed by atoms with Gasteiger partial charge in [-0.2, -0.15) is 0 Å². The molecule has 3 saturated heterocycles. The molecule has 4 rings (SSSR count). The maximum Gasteiger partial charge on any atom is 0.233 e. The second-order valence-corrected chi connectivity index (χ2v) is 8.11. The third kappa shape index (κ3) is 3.71. The van der Waals surface area contributed by atoms with Gasteiger partial charge in [0, 0.05) is 43.5 Å². The highest BCUT2D eigenvalue weighted by Crippen LogP contribution is 2.43. The molecule has 146 valence electrons. The highest BCUT2D eigenvalue weighted by atomic mass is 35.5. The summed E-state index contributed by atoms with van der Waals surface area (Å²) in [6, 6.07) is 7.60. The van der Waals surface area contributed by atoms with Crippen molar-refractivity contribution >= 4 is 23.4 Å². The Morgan fingerprint density at radius 2 is 2.00 bits per heavy atom. The van der Waals surface area contributed by atoms with E-state index in [2.05, 4.69) is 0 Å². The number of morpholine rings is 1. The molecule has 0 N–H and O–H groups in total. The third-order valence-corrected chi connectivity index (χ3v) is 6.20. The summed E-state index contributed by atoms with van der Waals surface area (Å²) < 4.78 is 11.0. The molecule has 0 saturated carbocycles. The Bertz CT molecular complexity index is 722. The van der Waals surface area contributed by atoms with Gasteiger partial charge in [0.25, 0.3) is 0 Å². The van der Waals surface area contributed by atoms with Crippen LogP contribution >= 0.6 is 11.6 Å². The summed E-state index contributed by atoms with van der Waals surface area (Å²) >= 11 is 6.02. The van der Waals surface area contributed by atoms with E-state index < -0.39 is 5.41 Å². The first kappa shape index (κ1) is 18.7. The molecule has 0 bridgehead atoms. The Labute approximate surface area is 164 Å². The van der Waals surface area contributed by atoms with Crippen LogP contribution in [0.2, 0.25) is 5.02 Å². The van der Waals surface area contributed by atoms with Crippen molar-refractivity contribution in [1.29, 1.82) is 0 Å². The van der Waals surface area contributed by atoms with Crippen molar-refractivity contribution in [3.63, 3.8) is 0 Å². The molecule has 0 radical (unpaired) electrons. The van der Waals surface area contributed by atoms with E-state index in [1.807, 2.05) is 34.1 Å².